The van der Waals surface area contributed by atoms with Crippen LogP contribution in [0.15, 0.2) is 18.7 Å². The molecule has 0 aromatic carbocycles. The maximum absolute atomic E-state index is 11.6. The first-order valence-corrected chi connectivity index (χ1v) is 8.32. The van der Waals surface area contributed by atoms with Gasteiger partial charge >= 0.3 is 0 Å². The molecular formula is C12H20N4O3S. The number of aryl methyl sites for hydroxylation is 1. The van der Waals surface area contributed by atoms with E-state index in [-0.39, 0.29) is 17.6 Å². The summed E-state index contributed by atoms with van der Waals surface area (Å²) in [4.78, 5) is 15.5. The van der Waals surface area contributed by atoms with Gasteiger partial charge in [-0.1, -0.05) is 0 Å². The topological polar surface area (TPSA) is 84.3 Å². The number of imidazole rings is 1. The highest BCUT2D eigenvalue weighted by molar-refractivity contribution is 7.89. The summed E-state index contributed by atoms with van der Waals surface area (Å²) in [5.41, 5.74) is 0. The van der Waals surface area contributed by atoms with Crippen LogP contribution < -0.4 is 5.32 Å². The van der Waals surface area contributed by atoms with Crippen molar-refractivity contribution in [3.8, 4) is 0 Å². The van der Waals surface area contributed by atoms with Crippen molar-refractivity contribution in [2.75, 3.05) is 25.4 Å². The Balaban J connectivity index is 1.61. The zero-order valence-electron chi connectivity index (χ0n) is 11.5. The predicted octanol–water partition coefficient (Wildman–Crippen LogP) is -0.329. The molecule has 2 heterocycles. The van der Waals surface area contributed by atoms with Gasteiger partial charge in [-0.15, -0.1) is 0 Å². The van der Waals surface area contributed by atoms with Gasteiger partial charge in [-0.05, 0) is 6.92 Å². The molecule has 7 nitrogen and oxygen atoms in total. The number of carbonyl (C=O) groups is 1. The van der Waals surface area contributed by atoms with Gasteiger partial charge in [0.2, 0.25) is 15.9 Å². The number of sulfonamides is 1. The van der Waals surface area contributed by atoms with E-state index in [0.29, 0.717) is 32.6 Å². The van der Waals surface area contributed by atoms with Gasteiger partial charge in [0.25, 0.3) is 0 Å². The minimum atomic E-state index is -3.06. The summed E-state index contributed by atoms with van der Waals surface area (Å²) in [6.07, 6.45) is 5.56. The molecule has 1 aliphatic rings. The lowest BCUT2D eigenvalue weighted by Gasteiger charge is -2.37. The van der Waals surface area contributed by atoms with Gasteiger partial charge in [0.05, 0.1) is 12.1 Å². The molecule has 1 N–H and O–H groups in total. The molecule has 0 aliphatic carbocycles. The number of rotatable bonds is 7. The van der Waals surface area contributed by atoms with Gasteiger partial charge in [0, 0.05) is 50.9 Å². The van der Waals surface area contributed by atoms with Gasteiger partial charge in [-0.2, -0.15) is 0 Å². The van der Waals surface area contributed by atoms with E-state index in [1.54, 1.807) is 19.4 Å². The molecule has 0 atom stereocenters. The lowest BCUT2D eigenvalue weighted by Crippen LogP contribution is -2.54. The van der Waals surface area contributed by atoms with E-state index in [0.717, 1.165) is 0 Å². The Kier molecular flexibility index (Phi) is 4.77. The van der Waals surface area contributed by atoms with Crippen molar-refractivity contribution in [3.05, 3.63) is 18.7 Å². The van der Waals surface area contributed by atoms with Crippen LogP contribution in [-0.2, 0) is 21.4 Å². The standard InChI is InChI=1S/C12H20N4O3S/c1-2-20(18,19)16-8-11(9-16)7-14-12(17)3-5-15-6-4-13-10-15/h4,6,10-11H,2-3,5,7-9H2,1H3,(H,14,17). The highest BCUT2D eigenvalue weighted by Crippen LogP contribution is 2.18. The molecule has 1 aromatic rings. The fraction of sp³-hybridized carbons (Fsp3) is 0.667. The molecule has 1 aromatic heterocycles. The van der Waals surface area contributed by atoms with Crippen LogP contribution in [0.4, 0.5) is 0 Å². The lowest BCUT2D eigenvalue weighted by atomic mass is 10.0. The Hall–Kier alpha value is -1.41. The summed E-state index contributed by atoms with van der Waals surface area (Å²) in [6.45, 7) is 3.81. The lowest BCUT2D eigenvalue weighted by molar-refractivity contribution is -0.121. The Morgan fingerprint density at radius 1 is 1.45 bits per heavy atom. The smallest absolute Gasteiger partial charge is 0.221 e. The van der Waals surface area contributed by atoms with Crippen molar-refractivity contribution >= 4 is 15.9 Å². The third kappa shape index (κ3) is 3.80. The Morgan fingerprint density at radius 3 is 2.80 bits per heavy atom. The van der Waals surface area contributed by atoms with Gasteiger partial charge < -0.3 is 9.88 Å². The number of carbonyl (C=O) groups excluding carboxylic acids is 1. The van der Waals surface area contributed by atoms with Crippen LogP contribution in [0.1, 0.15) is 13.3 Å². The van der Waals surface area contributed by atoms with E-state index in [4.69, 9.17) is 0 Å². The van der Waals surface area contributed by atoms with E-state index >= 15 is 0 Å². The summed E-state index contributed by atoms with van der Waals surface area (Å²) in [5.74, 6) is 0.348. The second kappa shape index (κ2) is 6.36. The van der Waals surface area contributed by atoms with E-state index in [2.05, 4.69) is 10.3 Å². The van der Waals surface area contributed by atoms with Crippen molar-refractivity contribution < 1.29 is 13.2 Å². The molecule has 0 bridgehead atoms. The molecule has 1 saturated heterocycles. The van der Waals surface area contributed by atoms with Gasteiger partial charge in [0.15, 0.2) is 0 Å². The van der Waals surface area contributed by atoms with E-state index < -0.39 is 10.0 Å². The summed E-state index contributed by atoms with van der Waals surface area (Å²) < 4.78 is 26.4. The molecule has 2 rings (SSSR count). The molecule has 8 heteroatoms. The SMILES string of the molecule is CCS(=O)(=O)N1CC(CNC(=O)CCn2ccnc2)C1. The Labute approximate surface area is 119 Å². The van der Waals surface area contributed by atoms with Gasteiger partial charge in [0.1, 0.15) is 0 Å². The monoisotopic (exact) mass is 300 g/mol. The minimum Gasteiger partial charge on any atom is -0.356 e. The number of nitrogens with one attached hydrogen (secondary N) is 1. The Morgan fingerprint density at radius 2 is 2.20 bits per heavy atom. The molecule has 0 spiro atoms. The molecule has 112 valence electrons. The molecule has 0 radical (unpaired) electrons. The molecule has 1 fully saturated rings. The zero-order valence-corrected chi connectivity index (χ0v) is 12.3. The zero-order chi connectivity index (χ0) is 14.6. The van der Waals surface area contributed by atoms with E-state index in [1.165, 1.54) is 4.31 Å². The average Bonchev–Trinajstić information content (AvgIpc) is 2.87. The number of hydrogen-bond donors (Lipinski definition) is 1. The highest BCUT2D eigenvalue weighted by atomic mass is 32.2. The fourth-order valence-corrected chi connectivity index (χ4v) is 3.30. The quantitative estimate of drug-likeness (QED) is 0.747. The second-order valence-corrected chi connectivity index (χ2v) is 7.20. The number of aromatic nitrogens is 2. The number of hydrogen-bond acceptors (Lipinski definition) is 4. The predicted molar refractivity (Wildman–Crippen MR) is 74.4 cm³/mol. The normalized spacial score (nSPS) is 16.9. The maximum Gasteiger partial charge on any atom is 0.221 e. The molecule has 1 aliphatic heterocycles. The highest BCUT2D eigenvalue weighted by Gasteiger charge is 2.34. The fourth-order valence-electron chi connectivity index (χ4n) is 2.06. The van der Waals surface area contributed by atoms with Crippen LogP contribution >= 0.6 is 0 Å². The van der Waals surface area contributed by atoms with Crippen LogP contribution in [0.3, 0.4) is 0 Å². The van der Waals surface area contributed by atoms with Crippen molar-refractivity contribution in [2.24, 2.45) is 5.92 Å². The van der Waals surface area contributed by atoms with Crippen LogP contribution in [0, 0.1) is 5.92 Å². The summed E-state index contributed by atoms with van der Waals surface area (Å²) >= 11 is 0. The van der Waals surface area contributed by atoms with Crippen molar-refractivity contribution in [2.45, 2.75) is 19.9 Å². The molecule has 0 unspecified atom stereocenters. The molecular weight excluding hydrogens is 280 g/mol. The van der Waals surface area contributed by atoms with E-state index in [9.17, 15) is 13.2 Å². The first-order chi connectivity index (χ1) is 9.51. The Bertz CT molecular complexity index is 535. The van der Waals surface area contributed by atoms with E-state index in [1.807, 2.05) is 10.8 Å². The maximum atomic E-state index is 11.6. The summed E-state index contributed by atoms with van der Waals surface area (Å²) in [6, 6.07) is 0. The third-order valence-electron chi connectivity index (χ3n) is 3.43. The molecule has 20 heavy (non-hydrogen) atoms. The number of amides is 1. The minimum absolute atomic E-state index is 0.0181. The van der Waals surface area contributed by atoms with Crippen molar-refractivity contribution in [3.63, 3.8) is 0 Å². The largest absolute Gasteiger partial charge is 0.356 e. The average molecular weight is 300 g/mol. The number of nitrogens with zero attached hydrogens (tertiary/aromatic N) is 3. The summed E-state index contributed by atoms with van der Waals surface area (Å²) in [7, 11) is -3.06. The molecule has 1 amide bonds. The van der Waals surface area contributed by atoms with Crippen molar-refractivity contribution in [1.82, 2.24) is 19.2 Å². The third-order valence-corrected chi connectivity index (χ3v) is 5.24. The first-order valence-electron chi connectivity index (χ1n) is 6.71. The molecule has 0 saturated carbocycles. The van der Waals surface area contributed by atoms with Crippen LogP contribution in [0.25, 0.3) is 0 Å². The van der Waals surface area contributed by atoms with Crippen LogP contribution in [0.2, 0.25) is 0 Å². The van der Waals surface area contributed by atoms with Crippen LogP contribution in [0.5, 0.6) is 0 Å². The second-order valence-electron chi connectivity index (χ2n) is 4.94. The van der Waals surface area contributed by atoms with Crippen LogP contribution in [-0.4, -0.2) is 53.6 Å². The van der Waals surface area contributed by atoms with Crippen molar-refractivity contribution in [1.29, 1.82) is 0 Å². The summed E-state index contributed by atoms with van der Waals surface area (Å²) in [5, 5.41) is 2.84. The van der Waals surface area contributed by atoms with Gasteiger partial charge in [-0.3, -0.25) is 4.79 Å². The van der Waals surface area contributed by atoms with Gasteiger partial charge in [-0.25, -0.2) is 17.7 Å². The first kappa shape index (κ1) is 15.0.